The number of para-hydroxylation sites is 1. The Morgan fingerprint density at radius 1 is 1.13 bits per heavy atom. The van der Waals surface area contributed by atoms with E-state index in [4.69, 9.17) is 25.8 Å². The maximum Gasteiger partial charge on any atom is 0.451 e. The highest BCUT2D eigenvalue weighted by Crippen LogP contribution is 2.50. The molecule has 0 bridgehead atoms. The lowest BCUT2D eigenvalue weighted by Gasteiger charge is -2.33. The van der Waals surface area contributed by atoms with Gasteiger partial charge in [-0.2, -0.15) is 13.2 Å². The Kier molecular flexibility index (Phi) is 8.49. The fourth-order valence-corrected chi connectivity index (χ4v) is 6.11. The first-order valence-electron chi connectivity index (χ1n) is 14.6. The summed E-state index contributed by atoms with van der Waals surface area (Å²) in [5.41, 5.74) is 3.41. The second-order valence-corrected chi connectivity index (χ2v) is 12.0. The fourth-order valence-electron chi connectivity index (χ4n) is 5.95. The van der Waals surface area contributed by atoms with Crippen LogP contribution in [0.1, 0.15) is 60.8 Å². The van der Waals surface area contributed by atoms with Crippen molar-refractivity contribution in [2.24, 2.45) is 0 Å². The normalized spacial score (nSPS) is 19.6. The summed E-state index contributed by atoms with van der Waals surface area (Å²) in [6.45, 7) is 5.78. The summed E-state index contributed by atoms with van der Waals surface area (Å²) in [6, 6.07) is 12.0. The van der Waals surface area contributed by atoms with Crippen molar-refractivity contribution in [2.75, 3.05) is 20.2 Å². The van der Waals surface area contributed by atoms with Gasteiger partial charge in [-0.25, -0.2) is 4.39 Å². The van der Waals surface area contributed by atoms with Crippen molar-refractivity contribution in [1.82, 2.24) is 25.1 Å². The lowest BCUT2D eigenvalue weighted by molar-refractivity contribution is -0.144. The topological polar surface area (TPSA) is 85.4 Å². The molecule has 8 nitrogen and oxygen atoms in total. The van der Waals surface area contributed by atoms with Crippen molar-refractivity contribution in [2.45, 2.75) is 63.6 Å². The lowest BCUT2D eigenvalue weighted by atomic mass is 9.88. The number of benzene rings is 2. The Hall–Kier alpha value is -3.74. The van der Waals surface area contributed by atoms with Gasteiger partial charge in [-0.15, -0.1) is 10.2 Å². The highest BCUT2D eigenvalue weighted by Gasteiger charge is 2.43. The number of piperidine rings is 1. The molecule has 2 aliphatic rings. The van der Waals surface area contributed by atoms with Gasteiger partial charge in [0.2, 0.25) is 5.82 Å². The minimum atomic E-state index is -4.62. The van der Waals surface area contributed by atoms with Gasteiger partial charge in [0, 0.05) is 49.3 Å². The fraction of sp³-hybridized carbons (Fsp3) is 0.406. The standard InChI is InChI=1S/C32H32ClF4N5O3/c1-18(43-3)13-20-14-21(29-39-30(41-40-29)32(35,36)37)16-38-26(20)17-42-11-9-19(10-12-42)23-5-4-6-27-28(23)45-31(2,44-27)24-8-7-22(33)15-25(24)34/h4-8,14-16,18-19H,9-13,17H2,1-3H3,(H,39,40,41)/t18-,31-/m0/s1. The Bertz CT molecular complexity index is 1690. The monoisotopic (exact) mass is 645 g/mol. The van der Waals surface area contributed by atoms with E-state index in [0.717, 1.165) is 42.8 Å². The molecule has 45 heavy (non-hydrogen) atoms. The summed E-state index contributed by atoms with van der Waals surface area (Å²) in [4.78, 5) is 9.21. The van der Waals surface area contributed by atoms with Crippen molar-refractivity contribution in [3.63, 3.8) is 0 Å². The predicted octanol–water partition coefficient (Wildman–Crippen LogP) is 7.28. The van der Waals surface area contributed by atoms with Gasteiger partial charge in [0.25, 0.3) is 5.79 Å². The second-order valence-electron chi connectivity index (χ2n) is 11.6. The average Bonchev–Trinajstić information content (AvgIpc) is 3.64. The maximum atomic E-state index is 14.8. The van der Waals surface area contributed by atoms with Gasteiger partial charge in [-0.05, 0) is 74.7 Å². The predicted molar refractivity (Wildman–Crippen MR) is 159 cm³/mol. The smallest absolute Gasteiger partial charge is 0.444 e. The van der Waals surface area contributed by atoms with Gasteiger partial charge < -0.3 is 19.2 Å². The molecular formula is C32H32ClF4N5O3. The summed E-state index contributed by atoms with van der Waals surface area (Å²) < 4.78 is 72.0. The van der Waals surface area contributed by atoms with Gasteiger partial charge in [-0.1, -0.05) is 23.7 Å². The van der Waals surface area contributed by atoms with Gasteiger partial charge in [0.05, 0.1) is 17.4 Å². The van der Waals surface area contributed by atoms with E-state index < -0.39 is 23.6 Å². The molecule has 6 rings (SSSR count). The number of rotatable bonds is 8. The molecule has 0 radical (unpaired) electrons. The first-order valence-corrected chi connectivity index (χ1v) is 15.0. The van der Waals surface area contributed by atoms with Crippen LogP contribution < -0.4 is 9.47 Å². The van der Waals surface area contributed by atoms with E-state index in [0.29, 0.717) is 35.1 Å². The number of ether oxygens (including phenoxy) is 3. The molecule has 1 N–H and O–H groups in total. The summed E-state index contributed by atoms with van der Waals surface area (Å²) in [7, 11) is 1.61. The number of methoxy groups -OCH3 is 1. The molecule has 0 unspecified atom stereocenters. The van der Waals surface area contributed by atoms with E-state index in [1.165, 1.54) is 12.3 Å². The molecule has 4 aromatic rings. The maximum absolute atomic E-state index is 14.8. The summed E-state index contributed by atoms with van der Waals surface area (Å²) in [5.74, 6) is -1.56. The molecule has 2 aromatic heterocycles. The number of halogens is 5. The van der Waals surface area contributed by atoms with Gasteiger partial charge >= 0.3 is 6.18 Å². The Morgan fingerprint density at radius 2 is 1.91 bits per heavy atom. The number of hydrogen-bond donors (Lipinski definition) is 1. The highest BCUT2D eigenvalue weighted by molar-refractivity contribution is 6.30. The summed E-state index contributed by atoms with van der Waals surface area (Å²) >= 11 is 5.96. The van der Waals surface area contributed by atoms with Gasteiger partial charge in [-0.3, -0.25) is 9.88 Å². The Labute approximate surface area is 262 Å². The van der Waals surface area contributed by atoms with E-state index in [1.807, 2.05) is 25.1 Å². The van der Waals surface area contributed by atoms with Gasteiger partial charge in [0.15, 0.2) is 17.3 Å². The number of H-pyrrole nitrogens is 1. The molecule has 2 aromatic carbocycles. The molecule has 1 saturated heterocycles. The van der Waals surface area contributed by atoms with Crippen LogP contribution in [0, 0.1) is 5.82 Å². The van der Waals surface area contributed by atoms with Crippen LogP contribution in [-0.4, -0.2) is 51.4 Å². The minimum absolute atomic E-state index is 0.00463. The van der Waals surface area contributed by atoms with Crippen molar-refractivity contribution in [3.8, 4) is 22.9 Å². The molecule has 0 amide bonds. The van der Waals surface area contributed by atoms with Crippen molar-refractivity contribution >= 4 is 11.6 Å². The van der Waals surface area contributed by atoms with Crippen molar-refractivity contribution in [3.05, 3.63) is 87.7 Å². The number of pyridine rings is 1. The summed E-state index contributed by atoms with van der Waals surface area (Å²) in [5, 5.41) is 7.22. The van der Waals surface area contributed by atoms with E-state index in [9.17, 15) is 17.6 Å². The van der Waals surface area contributed by atoms with Crippen molar-refractivity contribution in [1.29, 1.82) is 0 Å². The number of alkyl halides is 3. The van der Waals surface area contributed by atoms with E-state index in [1.54, 1.807) is 32.2 Å². The molecule has 2 aliphatic heterocycles. The third-order valence-corrected chi connectivity index (χ3v) is 8.67. The molecule has 2 atom stereocenters. The largest absolute Gasteiger partial charge is 0.451 e. The highest BCUT2D eigenvalue weighted by atomic mass is 35.5. The van der Waals surface area contributed by atoms with Gasteiger partial charge in [0.1, 0.15) is 5.82 Å². The number of aromatic amines is 1. The van der Waals surface area contributed by atoms with Crippen LogP contribution in [0.15, 0.2) is 48.7 Å². The quantitative estimate of drug-likeness (QED) is 0.202. The molecule has 1 fully saturated rings. The van der Waals surface area contributed by atoms with Crippen LogP contribution in [-0.2, 0) is 29.7 Å². The second kappa shape index (κ2) is 12.2. The molecule has 0 saturated carbocycles. The molecule has 0 spiro atoms. The number of nitrogens with one attached hydrogen (secondary N) is 1. The van der Waals surface area contributed by atoms with Crippen LogP contribution in [0.3, 0.4) is 0 Å². The van der Waals surface area contributed by atoms with Crippen LogP contribution in [0.5, 0.6) is 11.5 Å². The Morgan fingerprint density at radius 3 is 2.60 bits per heavy atom. The average molecular weight is 646 g/mol. The number of likely N-dealkylation sites (tertiary alicyclic amines) is 1. The van der Waals surface area contributed by atoms with E-state index >= 15 is 0 Å². The molecule has 4 heterocycles. The molecule has 13 heteroatoms. The molecule has 0 aliphatic carbocycles. The Balaban J connectivity index is 1.16. The third-order valence-electron chi connectivity index (χ3n) is 8.43. The minimum Gasteiger partial charge on any atom is -0.444 e. The van der Waals surface area contributed by atoms with Crippen LogP contribution >= 0.6 is 11.6 Å². The number of fused-ring (bicyclic) bond motifs is 1. The number of nitrogens with zero attached hydrogens (tertiary/aromatic N) is 4. The summed E-state index contributed by atoms with van der Waals surface area (Å²) in [6.07, 6.45) is -0.983. The lowest BCUT2D eigenvalue weighted by Crippen LogP contribution is -2.34. The van der Waals surface area contributed by atoms with Crippen LogP contribution in [0.25, 0.3) is 11.4 Å². The first kappa shape index (κ1) is 31.3. The SMILES string of the molecule is CO[C@@H](C)Cc1cc(-c2nnc(C(F)(F)F)[nH]2)cnc1CN1CCC(c2cccc3c2O[C@@](C)(c2ccc(Cl)cc2F)O3)CC1. The third kappa shape index (κ3) is 6.49. The first-order chi connectivity index (χ1) is 21.4. The van der Waals surface area contributed by atoms with E-state index in [2.05, 4.69) is 25.1 Å². The van der Waals surface area contributed by atoms with Crippen LogP contribution in [0.2, 0.25) is 5.02 Å². The number of hydrogen-bond acceptors (Lipinski definition) is 7. The zero-order valence-corrected chi connectivity index (χ0v) is 25.7. The van der Waals surface area contributed by atoms with Crippen molar-refractivity contribution < 1.29 is 31.8 Å². The number of aromatic nitrogens is 4. The zero-order valence-electron chi connectivity index (χ0n) is 24.9. The van der Waals surface area contributed by atoms with E-state index in [-0.39, 0.29) is 23.4 Å². The molecular weight excluding hydrogens is 614 g/mol. The zero-order chi connectivity index (χ0) is 31.9. The van der Waals surface area contributed by atoms with Crippen LogP contribution in [0.4, 0.5) is 17.6 Å². The molecule has 238 valence electrons.